The van der Waals surface area contributed by atoms with Crippen LogP contribution in [0.3, 0.4) is 0 Å². The zero-order chi connectivity index (χ0) is 19.3. The first-order valence-electron chi connectivity index (χ1n) is 9.66. The maximum atomic E-state index is 12.7. The van der Waals surface area contributed by atoms with Gasteiger partial charge in [0.15, 0.2) is 0 Å². The van der Waals surface area contributed by atoms with Gasteiger partial charge in [0.1, 0.15) is 6.54 Å². The Morgan fingerprint density at radius 2 is 1.75 bits per heavy atom. The maximum Gasteiger partial charge on any atom is 0.257 e. The summed E-state index contributed by atoms with van der Waals surface area (Å²) in [6.07, 6.45) is 4.75. The van der Waals surface area contributed by atoms with Gasteiger partial charge in [-0.15, -0.1) is 0 Å². The molecule has 1 aliphatic rings. The van der Waals surface area contributed by atoms with E-state index in [1.807, 2.05) is 48.5 Å². The molecule has 0 saturated heterocycles. The minimum absolute atomic E-state index is 0.0166. The molecule has 5 heteroatoms. The fourth-order valence-corrected chi connectivity index (χ4v) is 3.76. The Balaban J connectivity index is 1.52. The summed E-state index contributed by atoms with van der Waals surface area (Å²) in [6.45, 7) is -0.0166. The average molecular weight is 373 g/mol. The number of carbonyl (C=O) groups is 1. The van der Waals surface area contributed by atoms with E-state index >= 15 is 0 Å². The summed E-state index contributed by atoms with van der Waals surface area (Å²) >= 11 is 0. The highest BCUT2D eigenvalue weighted by atomic mass is 16.2. The van der Waals surface area contributed by atoms with E-state index in [4.69, 9.17) is 0 Å². The predicted octanol–water partition coefficient (Wildman–Crippen LogP) is 2.83. The standard InChI is InChI=1S/C23H23N3O2/c27-22(15-26-16-24-20-13-7-12-19(20)23(26)28)25-21(18-10-5-2-6-11-18)14-17-8-3-1-4-9-17/h1-6,8-11,16,21H,7,12-15H2,(H,25,27). The summed E-state index contributed by atoms with van der Waals surface area (Å²) in [6, 6.07) is 19.8. The normalized spacial score (nSPS) is 13.7. The Kier molecular flexibility index (Phi) is 5.33. The molecular weight excluding hydrogens is 350 g/mol. The predicted molar refractivity (Wildman–Crippen MR) is 108 cm³/mol. The molecule has 1 aromatic heterocycles. The lowest BCUT2D eigenvalue weighted by molar-refractivity contribution is -0.122. The van der Waals surface area contributed by atoms with Crippen LogP contribution < -0.4 is 10.9 Å². The van der Waals surface area contributed by atoms with Crippen molar-refractivity contribution in [2.24, 2.45) is 0 Å². The van der Waals surface area contributed by atoms with Crippen LogP contribution in [0.25, 0.3) is 0 Å². The Bertz CT molecular complexity index is 1010. The lowest BCUT2D eigenvalue weighted by Crippen LogP contribution is -2.36. The highest BCUT2D eigenvalue weighted by molar-refractivity contribution is 5.76. The number of hydrogen-bond acceptors (Lipinski definition) is 3. The van der Waals surface area contributed by atoms with Crippen LogP contribution in [-0.2, 0) is 30.6 Å². The van der Waals surface area contributed by atoms with Gasteiger partial charge in [-0.05, 0) is 36.8 Å². The van der Waals surface area contributed by atoms with E-state index in [0.717, 1.165) is 41.6 Å². The Labute approximate surface area is 164 Å². The van der Waals surface area contributed by atoms with E-state index in [1.165, 1.54) is 10.9 Å². The Morgan fingerprint density at radius 1 is 1.04 bits per heavy atom. The minimum Gasteiger partial charge on any atom is -0.347 e. The molecule has 1 aliphatic carbocycles. The SMILES string of the molecule is O=C(Cn1cnc2c(c1=O)CCC2)NC(Cc1ccccc1)c1ccccc1. The molecule has 0 bridgehead atoms. The van der Waals surface area contributed by atoms with Crippen molar-refractivity contribution in [2.75, 3.05) is 0 Å². The number of fused-ring (bicyclic) bond motifs is 1. The van der Waals surface area contributed by atoms with Crippen molar-refractivity contribution in [3.63, 3.8) is 0 Å². The molecule has 1 N–H and O–H groups in total. The second-order valence-electron chi connectivity index (χ2n) is 7.18. The van der Waals surface area contributed by atoms with Gasteiger partial charge < -0.3 is 5.32 Å². The molecule has 142 valence electrons. The molecule has 1 heterocycles. The van der Waals surface area contributed by atoms with Crippen molar-refractivity contribution in [2.45, 2.75) is 38.3 Å². The highest BCUT2D eigenvalue weighted by Crippen LogP contribution is 2.19. The zero-order valence-corrected chi connectivity index (χ0v) is 15.7. The number of amides is 1. The smallest absolute Gasteiger partial charge is 0.257 e. The monoisotopic (exact) mass is 373 g/mol. The molecule has 5 nitrogen and oxygen atoms in total. The lowest BCUT2D eigenvalue weighted by atomic mass is 9.99. The van der Waals surface area contributed by atoms with Crippen molar-refractivity contribution in [3.8, 4) is 0 Å². The molecule has 1 atom stereocenters. The number of benzene rings is 2. The molecule has 2 aromatic carbocycles. The first-order valence-corrected chi connectivity index (χ1v) is 9.66. The summed E-state index contributed by atoms with van der Waals surface area (Å²) in [4.78, 5) is 29.7. The second kappa shape index (κ2) is 8.21. The van der Waals surface area contributed by atoms with Crippen LogP contribution in [0.2, 0.25) is 0 Å². The molecule has 3 aromatic rings. The minimum atomic E-state index is -0.188. The first kappa shape index (κ1) is 18.2. The van der Waals surface area contributed by atoms with Gasteiger partial charge in [-0.1, -0.05) is 60.7 Å². The van der Waals surface area contributed by atoms with Crippen molar-refractivity contribution in [1.82, 2.24) is 14.9 Å². The van der Waals surface area contributed by atoms with Crippen LogP contribution in [0.4, 0.5) is 0 Å². The number of aryl methyl sites for hydroxylation is 1. The molecule has 0 radical (unpaired) electrons. The topological polar surface area (TPSA) is 64.0 Å². The van der Waals surface area contributed by atoms with Crippen molar-refractivity contribution < 1.29 is 4.79 Å². The lowest BCUT2D eigenvalue weighted by Gasteiger charge is -2.20. The quantitative estimate of drug-likeness (QED) is 0.723. The van der Waals surface area contributed by atoms with Crippen molar-refractivity contribution >= 4 is 5.91 Å². The number of rotatable bonds is 6. The van der Waals surface area contributed by atoms with Gasteiger partial charge in [-0.2, -0.15) is 0 Å². The highest BCUT2D eigenvalue weighted by Gasteiger charge is 2.20. The molecule has 0 fully saturated rings. The van der Waals surface area contributed by atoms with Crippen LogP contribution in [0, 0.1) is 0 Å². The number of carbonyl (C=O) groups excluding carboxylic acids is 1. The summed E-state index contributed by atoms with van der Waals surface area (Å²) in [5.41, 5.74) is 3.75. The third kappa shape index (κ3) is 4.03. The third-order valence-electron chi connectivity index (χ3n) is 5.19. The van der Waals surface area contributed by atoms with Crippen molar-refractivity contribution in [1.29, 1.82) is 0 Å². The van der Waals surface area contributed by atoms with Gasteiger partial charge in [0.05, 0.1) is 18.1 Å². The van der Waals surface area contributed by atoms with Gasteiger partial charge in [0, 0.05) is 5.56 Å². The maximum absolute atomic E-state index is 12.7. The third-order valence-corrected chi connectivity index (χ3v) is 5.19. The first-order chi connectivity index (χ1) is 13.7. The number of aromatic nitrogens is 2. The zero-order valence-electron chi connectivity index (χ0n) is 15.7. The van der Waals surface area contributed by atoms with E-state index in [1.54, 1.807) is 0 Å². The molecule has 28 heavy (non-hydrogen) atoms. The Hall–Kier alpha value is -3.21. The van der Waals surface area contributed by atoms with E-state index in [0.29, 0.717) is 6.42 Å². The molecular formula is C23H23N3O2. The van der Waals surface area contributed by atoms with E-state index in [9.17, 15) is 9.59 Å². The molecule has 1 unspecified atom stereocenters. The fraction of sp³-hybridized carbons (Fsp3) is 0.261. The fourth-order valence-electron chi connectivity index (χ4n) is 3.76. The van der Waals surface area contributed by atoms with Crippen molar-refractivity contribution in [3.05, 3.63) is 99.7 Å². The second-order valence-corrected chi connectivity index (χ2v) is 7.18. The van der Waals surface area contributed by atoms with E-state index in [-0.39, 0.29) is 24.1 Å². The summed E-state index contributed by atoms with van der Waals surface area (Å²) in [7, 11) is 0. The molecule has 0 saturated carbocycles. The summed E-state index contributed by atoms with van der Waals surface area (Å²) in [5.74, 6) is -0.188. The van der Waals surface area contributed by atoms with Gasteiger partial charge >= 0.3 is 0 Å². The summed E-state index contributed by atoms with van der Waals surface area (Å²) < 4.78 is 1.42. The summed E-state index contributed by atoms with van der Waals surface area (Å²) in [5, 5.41) is 3.10. The largest absolute Gasteiger partial charge is 0.347 e. The van der Waals surface area contributed by atoms with E-state index < -0.39 is 0 Å². The van der Waals surface area contributed by atoms with Crippen LogP contribution >= 0.6 is 0 Å². The number of nitrogens with one attached hydrogen (secondary N) is 1. The van der Waals surface area contributed by atoms with Crippen LogP contribution in [0.15, 0.2) is 71.8 Å². The molecule has 0 aliphatic heterocycles. The van der Waals surface area contributed by atoms with Gasteiger partial charge in [0.2, 0.25) is 5.91 Å². The molecule has 1 amide bonds. The average Bonchev–Trinajstić information content (AvgIpc) is 3.21. The molecule has 4 rings (SSSR count). The van der Waals surface area contributed by atoms with Gasteiger partial charge in [0.25, 0.3) is 5.56 Å². The van der Waals surface area contributed by atoms with Crippen LogP contribution in [-0.4, -0.2) is 15.5 Å². The molecule has 0 spiro atoms. The van der Waals surface area contributed by atoms with Gasteiger partial charge in [-0.3, -0.25) is 14.2 Å². The van der Waals surface area contributed by atoms with Crippen LogP contribution in [0.1, 0.15) is 34.8 Å². The Morgan fingerprint density at radius 3 is 2.50 bits per heavy atom. The number of nitrogens with zero attached hydrogens (tertiary/aromatic N) is 2. The van der Waals surface area contributed by atoms with Gasteiger partial charge in [-0.25, -0.2) is 4.98 Å². The number of hydrogen-bond donors (Lipinski definition) is 1. The van der Waals surface area contributed by atoms with Crippen LogP contribution in [0.5, 0.6) is 0 Å². The van der Waals surface area contributed by atoms with E-state index in [2.05, 4.69) is 22.4 Å².